The van der Waals surface area contributed by atoms with Gasteiger partial charge in [0.1, 0.15) is 11.6 Å². The topological polar surface area (TPSA) is 72.3 Å². The molecule has 0 saturated carbocycles. The average molecular weight is 355 g/mol. The largest absolute Gasteiger partial charge is 0.372 e. The lowest BCUT2D eigenvalue weighted by molar-refractivity contribution is 0.0486. The van der Waals surface area contributed by atoms with Crippen molar-refractivity contribution in [3.63, 3.8) is 0 Å². The van der Waals surface area contributed by atoms with Gasteiger partial charge in [0.25, 0.3) is 0 Å². The molecule has 1 N–H and O–H groups in total. The number of carbonyl (C=O) groups excluding carboxylic acids is 1. The van der Waals surface area contributed by atoms with E-state index in [0.717, 1.165) is 49.6 Å². The number of hydrogen-bond acceptors (Lipinski definition) is 4. The monoisotopic (exact) mass is 355 g/mol. The zero-order valence-electron chi connectivity index (χ0n) is 15.1. The Labute approximate surface area is 153 Å². The molecule has 3 heterocycles. The molecule has 0 spiro atoms. The second kappa shape index (κ2) is 7.45. The number of nitrogens with one attached hydrogen (secondary N) is 1. The summed E-state index contributed by atoms with van der Waals surface area (Å²) in [4.78, 5) is 14.4. The molecule has 1 fully saturated rings. The van der Waals surface area contributed by atoms with Crippen molar-refractivity contribution in [2.75, 3.05) is 13.1 Å². The number of carbonyl (C=O) groups is 1. The minimum atomic E-state index is 0.00509. The van der Waals surface area contributed by atoms with Gasteiger partial charge in [-0.15, -0.1) is 10.2 Å². The molecule has 0 radical (unpaired) electrons. The van der Waals surface area contributed by atoms with E-state index >= 15 is 0 Å². The van der Waals surface area contributed by atoms with Gasteiger partial charge in [-0.05, 0) is 25.3 Å². The number of aryl methyl sites for hydroxylation is 1. The van der Waals surface area contributed by atoms with Gasteiger partial charge >= 0.3 is 6.03 Å². The normalized spacial score (nSPS) is 22.3. The summed E-state index contributed by atoms with van der Waals surface area (Å²) in [5, 5.41) is 11.5. The summed E-state index contributed by atoms with van der Waals surface area (Å²) in [6, 6.07) is 10.3. The molecule has 7 heteroatoms. The number of fused-ring (bicyclic) bond motifs is 1. The third kappa shape index (κ3) is 3.72. The first-order chi connectivity index (χ1) is 12.7. The summed E-state index contributed by atoms with van der Waals surface area (Å²) in [5.41, 5.74) is 1.16. The smallest absolute Gasteiger partial charge is 0.317 e. The molecule has 4 rings (SSSR count). The van der Waals surface area contributed by atoms with Crippen LogP contribution in [0.5, 0.6) is 0 Å². The second-order valence-corrected chi connectivity index (χ2v) is 7.11. The number of urea groups is 1. The predicted octanol–water partition coefficient (Wildman–Crippen LogP) is 1.90. The van der Waals surface area contributed by atoms with Crippen LogP contribution in [0.15, 0.2) is 30.3 Å². The maximum absolute atomic E-state index is 12.6. The maximum atomic E-state index is 12.6. The van der Waals surface area contributed by atoms with Crippen LogP contribution < -0.4 is 5.32 Å². The molecular formula is C19H25N5O2. The average Bonchev–Trinajstić information content (AvgIpc) is 3.28. The van der Waals surface area contributed by atoms with E-state index in [1.807, 2.05) is 30.0 Å². The molecule has 2 amide bonds. The molecule has 2 atom stereocenters. The van der Waals surface area contributed by atoms with E-state index in [0.29, 0.717) is 13.2 Å². The number of amides is 2. The first-order valence-corrected chi connectivity index (χ1v) is 9.28. The van der Waals surface area contributed by atoms with Crippen molar-refractivity contribution in [2.45, 2.75) is 51.5 Å². The van der Waals surface area contributed by atoms with Crippen molar-refractivity contribution >= 4 is 6.03 Å². The molecule has 0 aliphatic carbocycles. The first-order valence-electron chi connectivity index (χ1n) is 9.28. The number of aromatic nitrogens is 3. The van der Waals surface area contributed by atoms with Crippen LogP contribution in [0, 0.1) is 6.92 Å². The SMILES string of the molecule is Cc1nnc2n1CCC(NC(=O)N1CCC(OCc3ccccc3)C1)C2. The molecule has 1 saturated heterocycles. The summed E-state index contributed by atoms with van der Waals surface area (Å²) in [5.74, 6) is 1.91. The Morgan fingerprint density at radius 1 is 1.23 bits per heavy atom. The number of nitrogens with zero attached hydrogens (tertiary/aromatic N) is 4. The third-order valence-electron chi connectivity index (χ3n) is 5.23. The van der Waals surface area contributed by atoms with Crippen LogP contribution in [0.2, 0.25) is 0 Å². The highest BCUT2D eigenvalue weighted by molar-refractivity contribution is 5.75. The third-order valence-corrected chi connectivity index (χ3v) is 5.23. The lowest BCUT2D eigenvalue weighted by atomic mass is 10.1. The number of ether oxygens (including phenoxy) is 1. The molecule has 2 aliphatic heterocycles. The van der Waals surface area contributed by atoms with Crippen LogP contribution in [0.25, 0.3) is 0 Å². The predicted molar refractivity (Wildman–Crippen MR) is 96.6 cm³/mol. The number of benzene rings is 1. The Hall–Kier alpha value is -2.41. The van der Waals surface area contributed by atoms with Crippen LogP contribution in [-0.4, -0.2) is 50.9 Å². The minimum absolute atomic E-state index is 0.00509. The summed E-state index contributed by atoms with van der Waals surface area (Å²) in [6.07, 6.45) is 2.66. The standard InChI is InChI=1S/C19H25N5O2/c1-14-21-22-18-11-16(7-10-24(14)18)20-19(25)23-9-8-17(12-23)26-13-15-5-3-2-4-6-15/h2-6,16-17H,7-13H2,1H3,(H,20,25). The van der Waals surface area contributed by atoms with E-state index in [-0.39, 0.29) is 18.2 Å². The maximum Gasteiger partial charge on any atom is 0.317 e. The number of rotatable bonds is 4. The fraction of sp³-hybridized carbons (Fsp3) is 0.526. The number of hydrogen-bond donors (Lipinski definition) is 1. The van der Waals surface area contributed by atoms with Crippen molar-refractivity contribution in [1.29, 1.82) is 0 Å². The van der Waals surface area contributed by atoms with Crippen molar-refractivity contribution in [2.24, 2.45) is 0 Å². The summed E-state index contributed by atoms with van der Waals surface area (Å²) in [7, 11) is 0. The van der Waals surface area contributed by atoms with E-state index < -0.39 is 0 Å². The van der Waals surface area contributed by atoms with Crippen LogP contribution in [0.4, 0.5) is 4.79 Å². The first kappa shape index (κ1) is 17.0. The fourth-order valence-electron chi connectivity index (χ4n) is 3.70. The lowest BCUT2D eigenvalue weighted by Gasteiger charge is -2.26. The second-order valence-electron chi connectivity index (χ2n) is 7.11. The number of likely N-dealkylation sites (tertiary alicyclic amines) is 1. The molecule has 0 bridgehead atoms. The molecule has 2 aliphatic rings. The Morgan fingerprint density at radius 2 is 2.08 bits per heavy atom. The fourth-order valence-corrected chi connectivity index (χ4v) is 3.70. The van der Waals surface area contributed by atoms with Crippen LogP contribution in [0.1, 0.15) is 30.1 Å². The van der Waals surface area contributed by atoms with Crippen LogP contribution in [0.3, 0.4) is 0 Å². The minimum Gasteiger partial charge on any atom is -0.372 e. The Kier molecular flexibility index (Phi) is 4.88. The Balaban J connectivity index is 1.24. The van der Waals surface area contributed by atoms with Crippen molar-refractivity contribution in [3.8, 4) is 0 Å². The quantitative estimate of drug-likeness (QED) is 0.909. The van der Waals surface area contributed by atoms with Gasteiger partial charge in [0.05, 0.1) is 12.7 Å². The highest BCUT2D eigenvalue weighted by Gasteiger charge is 2.29. The molecule has 1 aromatic carbocycles. The van der Waals surface area contributed by atoms with Gasteiger partial charge in [-0.3, -0.25) is 0 Å². The van der Waals surface area contributed by atoms with Gasteiger partial charge < -0.3 is 19.5 Å². The summed E-state index contributed by atoms with van der Waals surface area (Å²) >= 11 is 0. The van der Waals surface area contributed by atoms with Gasteiger partial charge in [-0.1, -0.05) is 30.3 Å². The van der Waals surface area contributed by atoms with Crippen LogP contribution >= 0.6 is 0 Å². The van der Waals surface area contributed by atoms with E-state index in [2.05, 4.69) is 32.2 Å². The molecule has 2 unspecified atom stereocenters. The highest BCUT2D eigenvalue weighted by atomic mass is 16.5. The Bertz CT molecular complexity index is 761. The van der Waals surface area contributed by atoms with Gasteiger partial charge in [0, 0.05) is 32.1 Å². The van der Waals surface area contributed by atoms with Gasteiger partial charge in [0.15, 0.2) is 0 Å². The molecule has 7 nitrogen and oxygen atoms in total. The molecular weight excluding hydrogens is 330 g/mol. The molecule has 1 aromatic heterocycles. The van der Waals surface area contributed by atoms with Crippen molar-refractivity contribution in [3.05, 3.63) is 47.5 Å². The summed E-state index contributed by atoms with van der Waals surface area (Å²) in [6.45, 7) is 4.82. The van der Waals surface area contributed by atoms with Gasteiger partial charge in [-0.25, -0.2) is 4.79 Å². The van der Waals surface area contributed by atoms with E-state index in [9.17, 15) is 4.79 Å². The van der Waals surface area contributed by atoms with E-state index in [4.69, 9.17) is 4.74 Å². The van der Waals surface area contributed by atoms with E-state index in [1.54, 1.807) is 0 Å². The summed E-state index contributed by atoms with van der Waals surface area (Å²) < 4.78 is 8.10. The Morgan fingerprint density at radius 3 is 2.92 bits per heavy atom. The zero-order chi connectivity index (χ0) is 17.9. The van der Waals surface area contributed by atoms with Crippen molar-refractivity contribution in [1.82, 2.24) is 25.0 Å². The van der Waals surface area contributed by atoms with Gasteiger partial charge in [0.2, 0.25) is 0 Å². The van der Waals surface area contributed by atoms with Crippen LogP contribution in [-0.2, 0) is 24.3 Å². The zero-order valence-corrected chi connectivity index (χ0v) is 15.1. The highest BCUT2D eigenvalue weighted by Crippen LogP contribution is 2.18. The lowest BCUT2D eigenvalue weighted by Crippen LogP contribution is -2.47. The molecule has 2 aromatic rings. The molecule has 138 valence electrons. The van der Waals surface area contributed by atoms with E-state index in [1.165, 1.54) is 0 Å². The van der Waals surface area contributed by atoms with Gasteiger partial charge in [-0.2, -0.15) is 0 Å². The molecule has 26 heavy (non-hydrogen) atoms. The van der Waals surface area contributed by atoms with Crippen molar-refractivity contribution < 1.29 is 9.53 Å².